The van der Waals surface area contributed by atoms with Gasteiger partial charge in [0.05, 0.1) is 13.7 Å². The smallest absolute Gasteiger partial charge is 0.325 e. The van der Waals surface area contributed by atoms with Gasteiger partial charge in [0.1, 0.15) is 5.54 Å². The van der Waals surface area contributed by atoms with Crippen LogP contribution in [0.3, 0.4) is 0 Å². The zero-order chi connectivity index (χ0) is 14.8. The van der Waals surface area contributed by atoms with Crippen molar-refractivity contribution in [1.82, 2.24) is 10.2 Å². The molecule has 1 heterocycles. The highest BCUT2D eigenvalue weighted by molar-refractivity contribution is 5.80. The van der Waals surface area contributed by atoms with E-state index in [1.807, 2.05) is 6.92 Å². The molecule has 1 saturated heterocycles. The average Bonchev–Trinajstić information content (AvgIpc) is 2.73. The first-order chi connectivity index (χ1) is 9.62. The third-order valence-corrected chi connectivity index (χ3v) is 3.87. The van der Waals surface area contributed by atoms with Crippen LogP contribution in [-0.2, 0) is 14.3 Å². The summed E-state index contributed by atoms with van der Waals surface area (Å²) in [7, 11) is 1.46. The Kier molecular flexibility index (Phi) is 8.11. The Labute approximate surface area is 123 Å². The first-order valence-electron chi connectivity index (χ1n) is 7.76. The molecule has 0 aliphatic carbocycles. The molecule has 0 bridgehead atoms. The highest BCUT2D eigenvalue weighted by Crippen LogP contribution is 2.15. The fraction of sp³-hybridized carbons (Fsp3) is 0.933. The standard InChI is InChI=1S/C15H30N2O3/c1-4-8-16-15(2,14(18)19-3)7-5-9-17-10-6-12-20-13-11-17/h16H,4-13H2,1-3H3. The van der Waals surface area contributed by atoms with Crippen molar-refractivity contribution in [3.05, 3.63) is 0 Å². The number of ether oxygens (including phenoxy) is 2. The van der Waals surface area contributed by atoms with Crippen LogP contribution < -0.4 is 5.32 Å². The lowest BCUT2D eigenvalue weighted by molar-refractivity contribution is -0.148. The lowest BCUT2D eigenvalue weighted by Crippen LogP contribution is -2.50. The molecule has 0 spiro atoms. The maximum atomic E-state index is 12.0. The Morgan fingerprint density at radius 2 is 2.20 bits per heavy atom. The molecule has 0 amide bonds. The average molecular weight is 286 g/mol. The molecule has 0 radical (unpaired) electrons. The minimum Gasteiger partial charge on any atom is -0.468 e. The molecule has 1 unspecified atom stereocenters. The second kappa shape index (κ2) is 9.32. The predicted molar refractivity (Wildman–Crippen MR) is 79.8 cm³/mol. The van der Waals surface area contributed by atoms with Crippen molar-refractivity contribution in [3.8, 4) is 0 Å². The lowest BCUT2D eigenvalue weighted by Gasteiger charge is -2.29. The van der Waals surface area contributed by atoms with Crippen LogP contribution in [0, 0.1) is 0 Å². The van der Waals surface area contributed by atoms with Gasteiger partial charge in [-0.15, -0.1) is 0 Å². The van der Waals surface area contributed by atoms with Gasteiger partial charge in [0.2, 0.25) is 0 Å². The third kappa shape index (κ3) is 5.77. The molecule has 1 atom stereocenters. The van der Waals surface area contributed by atoms with Crippen LogP contribution in [-0.4, -0.2) is 62.9 Å². The highest BCUT2D eigenvalue weighted by atomic mass is 16.5. The molecule has 1 fully saturated rings. The summed E-state index contributed by atoms with van der Waals surface area (Å²) in [4.78, 5) is 14.4. The fourth-order valence-corrected chi connectivity index (χ4v) is 2.57. The zero-order valence-electron chi connectivity index (χ0n) is 13.2. The molecular weight excluding hydrogens is 256 g/mol. The molecule has 1 aliphatic rings. The van der Waals surface area contributed by atoms with Crippen LogP contribution in [0.4, 0.5) is 0 Å². The van der Waals surface area contributed by atoms with Gasteiger partial charge < -0.3 is 19.7 Å². The second-order valence-corrected chi connectivity index (χ2v) is 5.66. The van der Waals surface area contributed by atoms with Crippen molar-refractivity contribution in [3.63, 3.8) is 0 Å². The number of hydrogen-bond acceptors (Lipinski definition) is 5. The van der Waals surface area contributed by atoms with Gasteiger partial charge in [0.15, 0.2) is 0 Å². The number of nitrogens with zero attached hydrogens (tertiary/aromatic N) is 1. The van der Waals surface area contributed by atoms with E-state index in [4.69, 9.17) is 9.47 Å². The minimum absolute atomic E-state index is 0.162. The Hall–Kier alpha value is -0.650. The zero-order valence-corrected chi connectivity index (χ0v) is 13.2. The molecule has 5 nitrogen and oxygen atoms in total. The van der Waals surface area contributed by atoms with E-state index in [1.54, 1.807) is 0 Å². The number of carbonyl (C=O) groups excluding carboxylic acids is 1. The van der Waals surface area contributed by atoms with Crippen LogP contribution in [0.2, 0.25) is 0 Å². The van der Waals surface area contributed by atoms with Gasteiger partial charge in [-0.25, -0.2) is 0 Å². The SMILES string of the molecule is CCCNC(C)(CCCN1CCCOCC1)C(=O)OC. The van der Waals surface area contributed by atoms with Crippen LogP contribution in [0.5, 0.6) is 0 Å². The molecule has 0 aromatic carbocycles. The number of esters is 1. The van der Waals surface area contributed by atoms with Crippen LogP contribution >= 0.6 is 0 Å². The van der Waals surface area contributed by atoms with E-state index in [0.717, 1.165) is 65.1 Å². The lowest BCUT2D eigenvalue weighted by atomic mass is 9.95. The van der Waals surface area contributed by atoms with Crippen molar-refractivity contribution in [2.45, 2.75) is 45.1 Å². The van der Waals surface area contributed by atoms with Gasteiger partial charge >= 0.3 is 5.97 Å². The van der Waals surface area contributed by atoms with Gasteiger partial charge in [-0.3, -0.25) is 4.79 Å². The fourth-order valence-electron chi connectivity index (χ4n) is 2.57. The van der Waals surface area contributed by atoms with E-state index in [1.165, 1.54) is 7.11 Å². The molecule has 0 aromatic rings. The first-order valence-corrected chi connectivity index (χ1v) is 7.76. The minimum atomic E-state index is -0.562. The number of methoxy groups -OCH3 is 1. The topological polar surface area (TPSA) is 50.8 Å². The van der Waals surface area contributed by atoms with E-state index in [0.29, 0.717) is 0 Å². The Morgan fingerprint density at radius 3 is 2.90 bits per heavy atom. The van der Waals surface area contributed by atoms with Crippen LogP contribution in [0.15, 0.2) is 0 Å². The van der Waals surface area contributed by atoms with E-state index >= 15 is 0 Å². The number of rotatable bonds is 8. The van der Waals surface area contributed by atoms with E-state index in [9.17, 15) is 4.79 Å². The molecule has 1 aliphatic heterocycles. The number of nitrogens with one attached hydrogen (secondary N) is 1. The number of hydrogen-bond donors (Lipinski definition) is 1. The highest BCUT2D eigenvalue weighted by Gasteiger charge is 2.33. The van der Waals surface area contributed by atoms with Crippen molar-refractivity contribution in [1.29, 1.82) is 0 Å². The quantitative estimate of drug-likeness (QED) is 0.684. The Bertz CT molecular complexity index is 278. The first kappa shape index (κ1) is 17.4. The number of carbonyl (C=O) groups is 1. The van der Waals surface area contributed by atoms with Crippen LogP contribution in [0.1, 0.15) is 39.5 Å². The largest absolute Gasteiger partial charge is 0.468 e. The van der Waals surface area contributed by atoms with Crippen molar-refractivity contribution >= 4 is 5.97 Å². The summed E-state index contributed by atoms with van der Waals surface area (Å²) in [5.74, 6) is -0.162. The third-order valence-electron chi connectivity index (χ3n) is 3.87. The summed E-state index contributed by atoms with van der Waals surface area (Å²) >= 11 is 0. The summed E-state index contributed by atoms with van der Waals surface area (Å²) in [6.45, 7) is 9.68. The van der Waals surface area contributed by atoms with Gasteiger partial charge in [-0.2, -0.15) is 0 Å². The molecule has 118 valence electrons. The van der Waals surface area contributed by atoms with E-state index in [2.05, 4.69) is 17.1 Å². The Balaban J connectivity index is 2.38. The maximum absolute atomic E-state index is 12.0. The predicted octanol–water partition coefficient (Wildman–Crippen LogP) is 1.42. The van der Waals surface area contributed by atoms with E-state index < -0.39 is 5.54 Å². The molecular formula is C15H30N2O3. The van der Waals surface area contributed by atoms with Crippen molar-refractivity contribution < 1.29 is 14.3 Å². The molecule has 0 aromatic heterocycles. The van der Waals surface area contributed by atoms with E-state index in [-0.39, 0.29) is 5.97 Å². The summed E-state index contributed by atoms with van der Waals surface area (Å²) in [6, 6.07) is 0. The maximum Gasteiger partial charge on any atom is 0.325 e. The monoisotopic (exact) mass is 286 g/mol. The summed E-state index contributed by atoms with van der Waals surface area (Å²) in [5, 5.41) is 3.33. The van der Waals surface area contributed by atoms with Gasteiger partial charge in [-0.05, 0) is 45.7 Å². The summed E-state index contributed by atoms with van der Waals surface area (Å²) in [6.07, 6.45) is 3.90. The van der Waals surface area contributed by atoms with Gasteiger partial charge in [0.25, 0.3) is 0 Å². The summed E-state index contributed by atoms with van der Waals surface area (Å²) in [5.41, 5.74) is -0.562. The van der Waals surface area contributed by atoms with Gasteiger partial charge in [0, 0.05) is 19.7 Å². The molecule has 1 rings (SSSR count). The van der Waals surface area contributed by atoms with Crippen molar-refractivity contribution in [2.24, 2.45) is 0 Å². The molecule has 5 heteroatoms. The summed E-state index contributed by atoms with van der Waals surface area (Å²) < 4.78 is 10.4. The second-order valence-electron chi connectivity index (χ2n) is 5.66. The molecule has 0 saturated carbocycles. The molecule has 20 heavy (non-hydrogen) atoms. The Morgan fingerprint density at radius 1 is 1.40 bits per heavy atom. The molecule has 1 N–H and O–H groups in total. The normalized spacial score (nSPS) is 20.1. The van der Waals surface area contributed by atoms with Crippen LogP contribution in [0.25, 0.3) is 0 Å². The van der Waals surface area contributed by atoms with Gasteiger partial charge in [-0.1, -0.05) is 6.92 Å². The van der Waals surface area contributed by atoms with Crippen molar-refractivity contribution in [2.75, 3.05) is 46.5 Å².